The monoisotopic (exact) mass is 316 g/mol. The Morgan fingerprint density at radius 2 is 1.74 bits per heavy atom. The van der Waals surface area contributed by atoms with Crippen molar-refractivity contribution < 1.29 is 9.47 Å². The number of likely N-dealkylation sites (tertiary alicyclic amines) is 1. The van der Waals surface area contributed by atoms with Crippen molar-refractivity contribution in [1.29, 1.82) is 0 Å². The molecule has 1 saturated heterocycles. The highest BCUT2D eigenvalue weighted by Crippen LogP contribution is 2.31. The largest absolute Gasteiger partial charge is 0.486 e. The zero-order chi connectivity index (χ0) is 15.5. The lowest BCUT2D eigenvalue weighted by Crippen LogP contribution is -2.42. The van der Waals surface area contributed by atoms with E-state index >= 15 is 0 Å². The van der Waals surface area contributed by atoms with Crippen molar-refractivity contribution >= 4 is 0 Å². The second kappa shape index (κ2) is 7.10. The van der Waals surface area contributed by atoms with Crippen LogP contribution in [0.15, 0.2) is 24.3 Å². The van der Waals surface area contributed by atoms with E-state index in [4.69, 9.17) is 9.47 Å². The lowest BCUT2D eigenvalue weighted by molar-refractivity contribution is 0.0882. The molecule has 0 radical (unpaired) electrons. The second-order valence-electron chi connectivity index (χ2n) is 7.34. The first-order valence-corrected chi connectivity index (χ1v) is 9.18. The Hall–Kier alpha value is -1.26. The van der Waals surface area contributed by atoms with E-state index in [0.29, 0.717) is 6.61 Å². The van der Waals surface area contributed by atoms with E-state index in [1.54, 1.807) is 0 Å². The van der Waals surface area contributed by atoms with Gasteiger partial charge in [-0.3, -0.25) is 0 Å². The van der Waals surface area contributed by atoms with Crippen LogP contribution in [0, 0.1) is 11.8 Å². The van der Waals surface area contributed by atoms with Crippen LogP contribution >= 0.6 is 0 Å². The maximum Gasteiger partial charge on any atom is 0.161 e. The summed E-state index contributed by atoms with van der Waals surface area (Å²) >= 11 is 0. The van der Waals surface area contributed by atoms with Gasteiger partial charge in [-0.2, -0.15) is 0 Å². The summed E-state index contributed by atoms with van der Waals surface area (Å²) in [5.74, 6) is 3.59. The summed E-state index contributed by atoms with van der Waals surface area (Å²) < 4.78 is 11.8. The number of nitrogens with zero attached hydrogens (tertiary/aromatic N) is 1. The summed E-state index contributed by atoms with van der Waals surface area (Å²) in [4.78, 5) is 2.67. The summed E-state index contributed by atoms with van der Waals surface area (Å²) in [6, 6.07) is 7.93. The number of nitrogens with one attached hydrogen (secondary N) is 1. The van der Waals surface area contributed by atoms with Crippen molar-refractivity contribution in [3.05, 3.63) is 24.3 Å². The standard InChI is InChI=1S/C19H28N2O2/c1-2-4-19-18(3-1)22-14-17(23-19)12-20-11-15-7-9-21(10-8-15)13-16-5-6-16/h1-4,15-17,20H,5-14H2. The Morgan fingerprint density at radius 3 is 2.52 bits per heavy atom. The van der Waals surface area contributed by atoms with Crippen LogP contribution in [0.4, 0.5) is 0 Å². The molecule has 4 nitrogen and oxygen atoms in total. The smallest absolute Gasteiger partial charge is 0.161 e. The zero-order valence-corrected chi connectivity index (χ0v) is 13.9. The fourth-order valence-corrected chi connectivity index (χ4v) is 3.65. The van der Waals surface area contributed by atoms with Crippen molar-refractivity contribution in [3.63, 3.8) is 0 Å². The summed E-state index contributed by atoms with van der Waals surface area (Å²) in [6.07, 6.45) is 5.73. The predicted octanol–water partition coefficient (Wildman–Crippen LogP) is 2.54. The lowest BCUT2D eigenvalue weighted by Gasteiger charge is -2.32. The minimum atomic E-state index is 0.125. The van der Waals surface area contributed by atoms with Gasteiger partial charge in [0, 0.05) is 13.1 Å². The van der Waals surface area contributed by atoms with E-state index < -0.39 is 0 Å². The van der Waals surface area contributed by atoms with Gasteiger partial charge in [0.2, 0.25) is 0 Å². The molecule has 0 aromatic heterocycles. The number of fused-ring (bicyclic) bond motifs is 1. The molecule has 1 saturated carbocycles. The number of piperidine rings is 1. The summed E-state index contributed by atoms with van der Waals surface area (Å²) in [6.45, 7) is 6.56. The van der Waals surface area contributed by atoms with Gasteiger partial charge in [-0.25, -0.2) is 0 Å². The third-order valence-corrected chi connectivity index (χ3v) is 5.29. The van der Waals surface area contributed by atoms with E-state index in [1.165, 1.54) is 45.3 Å². The molecule has 126 valence electrons. The van der Waals surface area contributed by atoms with E-state index in [0.717, 1.165) is 36.4 Å². The maximum atomic E-state index is 5.99. The number of ether oxygens (including phenoxy) is 2. The topological polar surface area (TPSA) is 33.7 Å². The molecular weight excluding hydrogens is 288 g/mol. The van der Waals surface area contributed by atoms with Crippen LogP contribution in [0.1, 0.15) is 25.7 Å². The van der Waals surface area contributed by atoms with Crippen LogP contribution in [0.2, 0.25) is 0 Å². The van der Waals surface area contributed by atoms with E-state index in [2.05, 4.69) is 10.2 Å². The van der Waals surface area contributed by atoms with Crippen molar-refractivity contribution in [1.82, 2.24) is 10.2 Å². The predicted molar refractivity (Wildman–Crippen MR) is 91.1 cm³/mol. The zero-order valence-electron chi connectivity index (χ0n) is 13.9. The Labute approximate surface area is 139 Å². The molecule has 1 aromatic rings. The van der Waals surface area contributed by atoms with Gasteiger partial charge in [0.15, 0.2) is 11.5 Å². The fraction of sp³-hybridized carbons (Fsp3) is 0.684. The molecule has 0 spiro atoms. The van der Waals surface area contributed by atoms with Gasteiger partial charge < -0.3 is 19.7 Å². The number of rotatable bonds is 6. The molecule has 1 aromatic carbocycles. The van der Waals surface area contributed by atoms with Crippen LogP contribution in [0.5, 0.6) is 11.5 Å². The third kappa shape index (κ3) is 4.18. The molecule has 1 atom stereocenters. The maximum absolute atomic E-state index is 5.99. The molecule has 23 heavy (non-hydrogen) atoms. The second-order valence-corrected chi connectivity index (χ2v) is 7.34. The molecule has 1 unspecified atom stereocenters. The molecule has 2 fully saturated rings. The Morgan fingerprint density at radius 1 is 0.957 bits per heavy atom. The molecule has 1 N–H and O–H groups in total. The summed E-state index contributed by atoms with van der Waals surface area (Å²) in [5.41, 5.74) is 0. The van der Waals surface area contributed by atoms with Crippen molar-refractivity contribution in [2.75, 3.05) is 39.3 Å². The van der Waals surface area contributed by atoms with Gasteiger partial charge in [-0.1, -0.05) is 12.1 Å². The quantitative estimate of drug-likeness (QED) is 0.874. The normalized spacial score (nSPS) is 25.5. The molecule has 1 aliphatic carbocycles. The Kier molecular flexibility index (Phi) is 4.72. The van der Waals surface area contributed by atoms with Gasteiger partial charge in [0.25, 0.3) is 0 Å². The van der Waals surface area contributed by atoms with Crippen molar-refractivity contribution in [2.24, 2.45) is 11.8 Å². The first-order chi connectivity index (χ1) is 11.4. The fourth-order valence-electron chi connectivity index (χ4n) is 3.65. The highest BCUT2D eigenvalue weighted by atomic mass is 16.6. The molecule has 3 aliphatic rings. The van der Waals surface area contributed by atoms with Crippen molar-refractivity contribution in [3.8, 4) is 11.5 Å². The van der Waals surface area contributed by atoms with Gasteiger partial charge in [-0.05, 0) is 69.3 Å². The van der Waals surface area contributed by atoms with E-state index in [1.807, 2.05) is 24.3 Å². The first-order valence-electron chi connectivity index (χ1n) is 9.18. The number of para-hydroxylation sites is 2. The Bertz CT molecular complexity index is 510. The molecule has 4 rings (SSSR count). The third-order valence-electron chi connectivity index (χ3n) is 5.29. The lowest BCUT2D eigenvalue weighted by atomic mass is 9.96. The van der Waals surface area contributed by atoms with E-state index in [9.17, 15) is 0 Å². The van der Waals surface area contributed by atoms with Gasteiger partial charge in [0.1, 0.15) is 12.7 Å². The van der Waals surface area contributed by atoms with E-state index in [-0.39, 0.29) is 6.10 Å². The van der Waals surface area contributed by atoms with Crippen LogP contribution < -0.4 is 14.8 Å². The SMILES string of the molecule is c1ccc2c(c1)OCC(CNCC1CCN(CC3CC3)CC1)O2. The molecule has 0 bridgehead atoms. The highest BCUT2D eigenvalue weighted by molar-refractivity contribution is 5.40. The summed E-state index contributed by atoms with van der Waals surface area (Å²) in [7, 11) is 0. The first kappa shape index (κ1) is 15.3. The van der Waals surface area contributed by atoms with Gasteiger partial charge >= 0.3 is 0 Å². The molecule has 2 heterocycles. The van der Waals surface area contributed by atoms with Crippen LogP contribution in [0.25, 0.3) is 0 Å². The number of hydrogen-bond donors (Lipinski definition) is 1. The van der Waals surface area contributed by atoms with Crippen LogP contribution in [-0.4, -0.2) is 50.3 Å². The molecule has 2 aliphatic heterocycles. The minimum Gasteiger partial charge on any atom is -0.486 e. The Balaban J connectivity index is 1.14. The summed E-state index contributed by atoms with van der Waals surface area (Å²) in [5, 5.41) is 3.60. The van der Waals surface area contributed by atoms with Crippen LogP contribution in [0.3, 0.4) is 0 Å². The van der Waals surface area contributed by atoms with Crippen molar-refractivity contribution in [2.45, 2.75) is 31.8 Å². The van der Waals surface area contributed by atoms with Gasteiger partial charge in [0.05, 0.1) is 0 Å². The van der Waals surface area contributed by atoms with Crippen LogP contribution in [-0.2, 0) is 0 Å². The average Bonchev–Trinajstić information content (AvgIpc) is 3.40. The highest BCUT2D eigenvalue weighted by Gasteiger charge is 2.27. The molecule has 4 heteroatoms. The number of benzene rings is 1. The molecular formula is C19H28N2O2. The van der Waals surface area contributed by atoms with Gasteiger partial charge in [-0.15, -0.1) is 0 Å². The minimum absolute atomic E-state index is 0.125. The average molecular weight is 316 g/mol. The number of hydrogen-bond acceptors (Lipinski definition) is 4. The molecule has 0 amide bonds.